The second kappa shape index (κ2) is 10.1. The maximum absolute atomic E-state index is 4.95. The van der Waals surface area contributed by atoms with Crippen molar-refractivity contribution in [1.82, 2.24) is 25.0 Å². The number of guanidine groups is 1. The van der Waals surface area contributed by atoms with Gasteiger partial charge in [-0.15, -0.1) is 21.5 Å². The van der Waals surface area contributed by atoms with Gasteiger partial charge in [0.05, 0.1) is 0 Å². The number of aliphatic imine (C=N–C) groups is 1. The Kier molecular flexibility index (Phi) is 7.02. The number of nitrogens with one attached hydrogen (secondary N) is 1. The highest BCUT2D eigenvalue weighted by Gasteiger charge is 2.28. The standard InChI is InChI=1S/C24H32N6S/c1-18-17-30(14-12-22(18)20-8-5-4-6-9-20)24(25-13-11-21-10-7-15-31-21)26-16-23-28-27-19(2)29(23)3/h4-10,15,18,22H,11-14,16-17H2,1-3H3,(H,25,26). The van der Waals surface area contributed by atoms with Crippen molar-refractivity contribution in [2.45, 2.75) is 39.2 Å². The highest BCUT2D eigenvalue weighted by molar-refractivity contribution is 7.09. The predicted molar refractivity (Wildman–Crippen MR) is 127 cm³/mol. The van der Waals surface area contributed by atoms with E-state index in [2.05, 4.69) is 75.2 Å². The van der Waals surface area contributed by atoms with Gasteiger partial charge in [0, 0.05) is 31.6 Å². The SMILES string of the molecule is Cc1nnc(CN=C(NCCc2cccs2)N2CCC(c3ccccc3)C(C)C2)n1C. The van der Waals surface area contributed by atoms with Gasteiger partial charge in [-0.05, 0) is 48.6 Å². The third-order valence-electron chi connectivity index (χ3n) is 6.22. The van der Waals surface area contributed by atoms with E-state index < -0.39 is 0 Å². The molecule has 3 heterocycles. The van der Waals surface area contributed by atoms with Crippen LogP contribution in [-0.2, 0) is 20.0 Å². The zero-order chi connectivity index (χ0) is 21.6. The first-order valence-corrected chi connectivity index (χ1v) is 11.9. The lowest BCUT2D eigenvalue weighted by atomic mass is 9.82. The third-order valence-corrected chi connectivity index (χ3v) is 7.16. The number of hydrogen-bond donors (Lipinski definition) is 1. The first-order valence-electron chi connectivity index (χ1n) is 11.1. The molecule has 0 spiro atoms. The van der Waals surface area contributed by atoms with E-state index in [1.807, 2.05) is 29.9 Å². The van der Waals surface area contributed by atoms with E-state index in [1.165, 1.54) is 10.4 Å². The van der Waals surface area contributed by atoms with Crippen molar-refractivity contribution in [3.8, 4) is 0 Å². The van der Waals surface area contributed by atoms with Gasteiger partial charge in [-0.2, -0.15) is 0 Å². The van der Waals surface area contributed by atoms with E-state index in [4.69, 9.17) is 4.99 Å². The number of aryl methyl sites for hydroxylation is 1. The van der Waals surface area contributed by atoms with E-state index in [9.17, 15) is 0 Å². The van der Waals surface area contributed by atoms with Crippen LogP contribution < -0.4 is 5.32 Å². The molecule has 1 saturated heterocycles. The monoisotopic (exact) mass is 436 g/mol. The number of rotatable bonds is 6. The Morgan fingerprint density at radius 1 is 1.19 bits per heavy atom. The highest BCUT2D eigenvalue weighted by Crippen LogP contribution is 2.32. The zero-order valence-electron chi connectivity index (χ0n) is 18.7. The Labute approximate surface area is 189 Å². The van der Waals surface area contributed by atoms with Crippen LogP contribution in [0, 0.1) is 12.8 Å². The molecule has 0 amide bonds. The largest absolute Gasteiger partial charge is 0.356 e. The molecule has 2 unspecified atom stereocenters. The van der Waals surface area contributed by atoms with E-state index in [1.54, 1.807) is 0 Å². The molecule has 1 N–H and O–H groups in total. The van der Waals surface area contributed by atoms with Gasteiger partial charge in [-0.25, -0.2) is 4.99 Å². The molecule has 0 aliphatic carbocycles. The summed E-state index contributed by atoms with van der Waals surface area (Å²) in [5.41, 5.74) is 1.45. The van der Waals surface area contributed by atoms with Crippen LogP contribution in [0.1, 0.15) is 41.4 Å². The molecule has 6 nitrogen and oxygen atoms in total. The summed E-state index contributed by atoms with van der Waals surface area (Å²) in [6, 6.07) is 15.2. The number of nitrogens with zero attached hydrogens (tertiary/aromatic N) is 5. The second-order valence-electron chi connectivity index (χ2n) is 8.35. The maximum atomic E-state index is 4.95. The van der Waals surface area contributed by atoms with E-state index in [0.29, 0.717) is 18.4 Å². The molecule has 3 aromatic rings. The molecule has 0 radical (unpaired) electrons. The third kappa shape index (κ3) is 5.34. The first-order chi connectivity index (χ1) is 15.1. The average molecular weight is 437 g/mol. The van der Waals surface area contributed by atoms with Crippen LogP contribution in [0.4, 0.5) is 0 Å². The lowest BCUT2D eigenvalue weighted by Gasteiger charge is -2.39. The fraction of sp³-hybridized carbons (Fsp3) is 0.458. The molecule has 4 rings (SSSR count). The van der Waals surface area contributed by atoms with E-state index in [-0.39, 0.29) is 0 Å². The van der Waals surface area contributed by atoms with Gasteiger partial charge in [-0.1, -0.05) is 43.3 Å². The van der Waals surface area contributed by atoms with Gasteiger partial charge in [0.25, 0.3) is 0 Å². The molecule has 0 saturated carbocycles. The number of piperidine rings is 1. The molecule has 1 aliphatic rings. The Morgan fingerprint density at radius 3 is 2.71 bits per heavy atom. The molecule has 2 atom stereocenters. The summed E-state index contributed by atoms with van der Waals surface area (Å²) in [6.07, 6.45) is 2.15. The summed E-state index contributed by atoms with van der Waals surface area (Å²) in [5, 5.41) is 14.2. The Bertz CT molecular complexity index is 979. The van der Waals surface area contributed by atoms with Crippen LogP contribution >= 0.6 is 11.3 Å². The van der Waals surface area contributed by atoms with E-state index in [0.717, 1.165) is 50.1 Å². The van der Waals surface area contributed by atoms with Crippen molar-refractivity contribution < 1.29 is 0 Å². The van der Waals surface area contributed by atoms with Crippen LogP contribution in [0.5, 0.6) is 0 Å². The number of aromatic nitrogens is 3. The van der Waals surface area contributed by atoms with Crippen molar-refractivity contribution in [1.29, 1.82) is 0 Å². The van der Waals surface area contributed by atoms with Crippen LogP contribution in [0.15, 0.2) is 52.8 Å². The molecule has 1 aliphatic heterocycles. The van der Waals surface area contributed by atoms with Gasteiger partial charge in [0.1, 0.15) is 12.4 Å². The van der Waals surface area contributed by atoms with Crippen molar-refractivity contribution in [3.05, 3.63) is 69.9 Å². The van der Waals surface area contributed by atoms with Crippen LogP contribution in [0.3, 0.4) is 0 Å². The summed E-state index contributed by atoms with van der Waals surface area (Å²) < 4.78 is 2.01. The van der Waals surface area contributed by atoms with Crippen LogP contribution in [-0.4, -0.2) is 45.3 Å². The fourth-order valence-corrected chi connectivity index (χ4v) is 5.00. The van der Waals surface area contributed by atoms with Gasteiger partial charge in [0.2, 0.25) is 0 Å². The van der Waals surface area contributed by atoms with Crippen LogP contribution in [0.25, 0.3) is 0 Å². The summed E-state index contributed by atoms with van der Waals surface area (Å²) in [7, 11) is 2.00. The molecule has 2 aromatic heterocycles. The Balaban J connectivity index is 1.45. The lowest BCUT2D eigenvalue weighted by Crippen LogP contribution is -2.48. The molecule has 31 heavy (non-hydrogen) atoms. The molecule has 7 heteroatoms. The Morgan fingerprint density at radius 2 is 2.03 bits per heavy atom. The predicted octanol–water partition coefficient (Wildman–Crippen LogP) is 4.00. The lowest BCUT2D eigenvalue weighted by molar-refractivity contribution is 0.234. The first kappa shape index (κ1) is 21.6. The van der Waals surface area contributed by atoms with Crippen molar-refractivity contribution in [2.75, 3.05) is 19.6 Å². The van der Waals surface area contributed by atoms with Crippen molar-refractivity contribution in [2.24, 2.45) is 18.0 Å². The summed E-state index contributed by atoms with van der Waals surface area (Å²) in [5.74, 6) is 3.95. The second-order valence-corrected chi connectivity index (χ2v) is 9.38. The van der Waals surface area contributed by atoms with Gasteiger partial charge in [-0.3, -0.25) is 0 Å². The minimum atomic E-state index is 0.533. The Hall–Kier alpha value is -2.67. The van der Waals surface area contributed by atoms with Crippen LogP contribution in [0.2, 0.25) is 0 Å². The number of hydrogen-bond acceptors (Lipinski definition) is 4. The number of likely N-dealkylation sites (tertiary alicyclic amines) is 1. The fourth-order valence-electron chi connectivity index (χ4n) is 4.29. The zero-order valence-corrected chi connectivity index (χ0v) is 19.5. The quantitative estimate of drug-likeness (QED) is 0.469. The molecule has 0 bridgehead atoms. The van der Waals surface area contributed by atoms with Crippen molar-refractivity contribution >= 4 is 17.3 Å². The molecule has 1 fully saturated rings. The van der Waals surface area contributed by atoms with E-state index >= 15 is 0 Å². The minimum Gasteiger partial charge on any atom is -0.356 e. The van der Waals surface area contributed by atoms with Gasteiger partial charge < -0.3 is 14.8 Å². The molecule has 164 valence electrons. The average Bonchev–Trinajstić information content (AvgIpc) is 3.42. The van der Waals surface area contributed by atoms with Gasteiger partial charge in [0.15, 0.2) is 11.8 Å². The number of thiophene rings is 1. The van der Waals surface area contributed by atoms with Crippen molar-refractivity contribution in [3.63, 3.8) is 0 Å². The molecule has 1 aromatic carbocycles. The summed E-state index contributed by atoms with van der Waals surface area (Å²) in [6.45, 7) is 7.75. The minimum absolute atomic E-state index is 0.533. The molecular formula is C24H32N6S. The summed E-state index contributed by atoms with van der Waals surface area (Å²) >= 11 is 1.81. The smallest absolute Gasteiger partial charge is 0.194 e. The summed E-state index contributed by atoms with van der Waals surface area (Å²) in [4.78, 5) is 8.77. The van der Waals surface area contributed by atoms with Gasteiger partial charge >= 0.3 is 0 Å². The molecular weight excluding hydrogens is 404 g/mol. The normalized spacial score (nSPS) is 19.6. The topological polar surface area (TPSA) is 58.3 Å². The highest BCUT2D eigenvalue weighted by atomic mass is 32.1. The maximum Gasteiger partial charge on any atom is 0.194 e. The number of benzene rings is 1.